The van der Waals surface area contributed by atoms with E-state index < -0.39 is 10.8 Å². The Labute approximate surface area is 97.9 Å². The summed E-state index contributed by atoms with van der Waals surface area (Å²) >= 11 is 0. The van der Waals surface area contributed by atoms with E-state index in [0.29, 0.717) is 5.75 Å². The molecule has 0 bridgehead atoms. The van der Waals surface area contributed by atoms with Crippen LogP contribution in [0.5, 0.6) is 0 Å². The van der Waals surface area contributed by atoms with Crippen molar-refractivity contribution in [3.63, 3.8) is 0 Å². The molecule has 0 amide bonds. The molecule has 0 radical (unpaired) electrons. The minimum Gasteiger partial charge on any atom is -0.302 e. The number of nitrogens with zero attached hydrogens (tertiary/aromatic N) is 1. The first-order valence-electron chi connectivity index (χ1n) is 5.62. The van der Waals surface area contributed by atoms with Crippen molar-refractivity contribution in [2.24, 2.45) is 0 Å². The fourth-order valence-corrected chi connectivity index (χ4v) is 3.02. The number of rotatable bonds is 4. The van der Waals surface area contributed by atoms with E-state index in [1.165, 1.54) is 25.0 Å². The van der Waals surface area contributed by atoms with E-state index in [-0.39, 0.29) is 5.82 Å². The van der Waals surface area contributed by atoms with E-state index in [9.17, 15) is 8.60 Å². The first-order chi connectivity index (χ1) is 7.75. The van der Waals surface area contributed by atoms with Crippen molar-refractivity contribution in [3.8, 4) is 0 Å². The van der Waals surface area contributed by atoms with Gasteiger partial charge in [-0.1, -0.05) is 0 Å². The summed E-state index contributed by atoms with van der Waals surface area (Å²) in [5.74, 6) is 0.367. The van der Waals surface area contributed by atoms with Crippen molar-refractivity contribution in [2.75, 3.05) is 25.4 Å². The maximum atomic E-state index is 12.7. The van der Waals surface area contributed by atoms with Crippen LogP contribution in [0.2, 0.25) is 0 Å². The SMILES string of the molecule is O=S(CCN1CCCC1)c1ccc(F)cc1. The molecule has 0 spiro atoms. The van der Waals surface area contributed by atoms with Crippen LogP contribution in [0, 0.1) is 5.82 Å². The van der Waals surface area contributed by atoms with E-state index in [2.05, 4.69) is 4.90 Å². The van der Waals surface area contributed by atoms with Crippen LogP contribution in [0.3, 0.4) is 0 Å². The minimum absolute atomic E-state index is 0.278. The van der Waals surface area contributed by atoms with Crippen molar-refractivity contribution in [2.45, 2.75) is 17.7 Å². The molecule has 0 N–H and O–H groups in total. The van der Waals surface area contributed by atoms with Crippen LogP contribution in [-0.2, 0) is 10.8 Å². The third-order valence-electron chi connectivity index (χ3n) is 2.87. The van der Waals surface area contributed by atoms with Crippen LogP contribution in [0.25, 0.3) is 0 Å². The Morgan fingerprint density at radius 2 is 1.81 bits per heavy atom. The quantitative estimate of drug-likeness (QED) is 0.804. The fraction of sp³-hybridized carbons (Fsp3) is 0.500. The van der Waals surface area contributed by atoms with Crippen LogP contribution < -0.4 is 0 Å². The lowest BCUT2D eigenvalue weighted by molar-refractivity contribution is 0.361. The highest BCUT2D eigenvalue weighted by atomic mass is 32.2. The van der Waals surface area contributed by atoms with Gasteiger partial charge in [0.2, 0.25) is 0 Å². The summed E-state index contributed by atoms with van der Waals surface area (Å²) in [4.78, 5) is 3.06. The van der Waals surface area contributed by atoms with Gasteiger partial charge in [0.1, 0.15) is 5.82 Å². The summed E-state index contributed by atoms with van der Waals surface area (Å²) in [6, 6.07) is 5.94. The number of halogens is 1. The van der Waals surface area contributed by atoms with E-state index in [0.717, 1.165) is 24.5 Å². The van der Waals surface area contributed by atoms with Gasteiger partial charge in [-0.05, 0) is 50.2 Å². The lowest BCUT2D eigenvalue weighted by Gasteiger charge is -2.13. The average molecular weight is 241 g/mol. The highest BCUT2D eigenvalue weighted by molar-refractivity contribution is 7.85. The van der Waals surface area contributed by atoms with Gasteiger partial charge in [-0.2, -0.15) is 0 Å². The molecule has 16 heavy (non-hydrogen) atoms. The van der Waals surface area contributed by atoms with Crippen molar-refractivity contribution < 1.29 is 8.60 Å². The van der Waals surface area contributed by atoms with Crippen molar-refractivity contribution in [3.05, 3.63) is 30.1 Å². The lowest BCUT2D eigenvalue weighted by atomic mass is 10.4. The molecule has 2 nitrogen and oxygen atoms in total. The third kappa shape index (κ3) is 3.12. The van der Waals surface area contributed by atoms with E-state index in [1.807, 2.05) is 0 Å². The smallest absolute Gasteiger partial charge is 0.123 e. The Kier molecular flexibility index (Phi) is 4.07. The van der Waals surface area contributed by atoms with Gasteiger partial charge in [-0.15, -0.1) is 0 Å². The van der Waals surface area contributed by atoms with Gasteiger partial charge in [0.15, 0.2) is 0 Å². The molecule has 2 rings (SSSR count). The second-order valence-corrected chi connectivity index (χ2v) is 5.62. The molecular formula is C12H16FNOS. The zero-order valence-electron chi connectivity index (χ0n) is 9.19. The Morgan fingerprint density at radius 1 is 1.19 bits per heavy atom. The molecule has 0 saturated carbocycles. The fourth-order valence-electron chi connectivity index (χ4n) is 1.92. The third-order valence-corrected chi connectivity index (χ3v) is 4.22. The monoisotopic (exact) mass is 241 g/mol. The standard InChI is InChI=1S/C12H16FNOS/c13-11-3-5-12(6-4-11)16(15)10-9-14-7-1-2-8-14/h3-6H,1-2,7-10H2. The van der Waals surface area contributed by atoms with E-state index in [4.69, 9.17) is 0 Å². The Hall–Kier alpha value is -0.740. The molecular weight excluding hydrogens is 225 g/mol. The molecule has 1 aliphatic heterocycles. The number of hydrogen-bond donors (Lipinski definition) is 0. The van der Waals surface area contributed by atoms with Crippen LogP contribution in [0.4, 0.5) is 4.39 Å². The number of hydrogen-bond acceptors (Lipinski definition) is 2. The summed E-state index contributed by atoms with van der Waals surface area (Å²) in [7, 11) is -0.996. The molecule has 88 valence electrons. The van der Waals surface area contributed by atoms with Crippen LogP contribution in [-0.4, -0.2) is 34.5 Å². The lowest BCUT2D eigenvalue weighted by Crippen LogP contribution is -2.24. The molecule has 1 aromatic carbocycles. The van der Waals surface area contributed by atoms with Gasteiger partial charge in [-0.3, -0.25) is 4.21 Å². The first-order valence-corrected chi connectivity index (χ1v) is 6.94. The Bertz CT molecular complexity index is 360. The summed E-state index contributed by atoms with van der Waals surface area (Å²) in [5, 5.41) is 0. The van der Waals surface area contributed by atoms with Crippen molar-refractivity contribution >= 4 is 10.8 Å². The molecule has 1 aromatic rings. The van der Waals surface area contributed by atoms with Crippen LogP contribution in [0.15, 0.2) is 29.2 Å². The van der Waals surface area contributed by atoms with Gasteiger partial charge in [0.25, 0.3) is 0 Å². The van der Waals surface area contributed by atoms with Gasteiger partial charge >= 0.3 is 0 Å². The maximum absolute atomic E-state index is 12.7. The Balaban J connectivity index is 1.85. The second-order valence-electron chi connectivity index (χ2n) is 4.05. The predicted molar refractivity (Wildman–Crippen MR) is 63.3 cm³/mol. The zero-order valence-corrected chi connectivity index (χ0v) is 10.0. The normalized spacial score (nSPS) is 18.8. The maximum Gasteiger partial charge on any atom is 0.123 e. The highest BCUT2D eigenvalue weighted by Crippen LogP contribution is 2.10. The van der Waals surface area contributed by atoms with Gasteiger partial charge in [0, 0.05) is 17.2 Å². The molecule has 0 aliphatic carbocycles. The predicted octanol–water partition coefficient (Wildman–Crippen LogP) is 2.03. The van der Waals surface area contributed by atoms with E-state index >= 15 is 0 Å². The first kappa shape index (κ1) is 11.7. The number of benzene rings is 1. The molecule has 1 saturated heterocycles. The summed E-state index contributed by atoms with van der Waals surface area (Å²) in [6.07, 6.45) is 2.51. The van der Waals surface area contributed by atoms with Gasteiger partial charge in [-0.25, -0.2) is 4.39 Å². The molecule has 1 atom stereocenters. The molecule has 4 heteroatoms. The van der Waals surface area contributed by atoms with Gasteiger partial charge in [0.05, 0.1) is 10.8 Å². The number of likely N-dealkylation sites (tertiary alicyclic amines) is 1. The second kappa shape index (κ2) is 5.55. The molecule has 1 heterocycles. The summed E-state index contributed by atoms with van der Waals surface area (Å²) in [6.45, 7) is 3.13. The molecule has 1 aliphatic rings. The topological polar surface area (TPSA) is 20.3 Å². The van der Waals surface area contributed by atoms with Crippen LogP contribution >= 0.6 is 0 Å². The van der Waals surface area contributed by atoms with Gasteiger partial charge < -0.3 is 4.90 Å². The molecule has 0 aromatic heterocycles. The highest BCUT2D eigenvalue weighted by Gasteiger charge is 2.12. The molecule has 1 unspecified atom stereocenters. The zero-order chi connectivity index (χ0) is 11.4. The molecule has 1 fully saturated rings. The summed E-state index contributed by atoms with van der Waals surface area (Å²) < 4.78 is 24.5. The van der Waals surface area contributed by atoms with Crippen molar-refractivity contribution in [1.29, 1.82) is 0 Å². The summed E-state index contributed by atoms with van der Waals surface area (Å²) in [5.41, 5.74) is 0. The van der Waals surface area contributed by atoms with E-state index in [1.54, 1.807) is 12.1 Å². The van der Waals surface area contributed by atoms with Crippen LogP contribution in [0.1, 0.15) is 12.8 Å². The average Bonchev–Trinajstić information content (AvgIpc) is 2.80. The van der Waals surface area contributed by atoms with Crippen molar-refractivity contribution in [1.82, 2.24) is 4.90 Å². The Morgan fingerprint density at radius 3 is 2.44 bits per heavy atom. The largest absolute Gasteiger partial charge is 0.302 e. The minimum atomic E-state index is -0.996.